The molecule has 0 saturated heterocycles. The molecule has 1 aromatic carbocycles. The Morgan fingerprint density at radius 1 is 1.11 bits per heavy atom. The third kappa shape index (κ3) is 4.70. The van der Waals surface area contributed by atoms with Gasteiger partial charge in [0.15, 0.2) is 11.5 Å². The smallest absolute Gasteiger partial charge is 0.160 e. The molecule has 0 aliphatic rings. The molecule has 1 aromatic rings. The SMILES string of the molecule is COc1ccc(CC(C)NC(CO)CO)cc1OC. The van der Waals surface area contributed by atoms with Gasteiger partial charge in [-0.3, -0.25) is 0 Å². The molecule has 0 bridgehead atoms. The van der Waals surface area contributed by atoms with Gasteiger partial charge in [0.05, 0.1) is 33.5 Å². The highest BCUT2D eigenvalue weighted by molar-refractivity contribution is 5.43. The highest BCUT2D eigenvalue weighted by Gasteiger charge is 2.12. The maximum Gasteiger partial charge on any atom is 0.160 e. The Hall–Kier alpha value is -1.30. The van der Waals surface area contributed by atoms with Gasteiger partial charge in [0.1, 0.15) is 0 Å². The summed E-state index contributed by atoms with van der Waals surface area (Å²) in [6.45, 7) is 1.86. The molecule has 0 radical (unpaired) electrons. The Bertz CT molecular complexity index is 380. The van der Waals surface area contributed by atoms with Gasteiger partial charge in [-0.15, -0.1) is 0 Å². The van der Waals surface area contributed by atoms with E-state index in [-0.39, 0.29) is 25.3 Å². The summed E-state index contributed by atoms with van der Waals surface area (Å²) in [5, 5.41) is 21.2. The second kappa shape index (κ2) is 7.99. The van der Waals surface area contributed by atoms with Crippen LogP contribution in [0.3, 0.4) is 0 Å². The van der Waals surface area contributed by atoms with E-state index < -0.39 is 0 Å². The van der Waals surface area contributed by atoms with Gasteiger partial charge in [0, 0.05) is 6.04 Å². The lowest BCUT2D eigenvalue weighted by Crippen LogP contribution is -2.42. The molecule has 1 rings (SSSR count). The van der Waals surface area contributed by atoms with Crippen molar-refractivity contribution in [3.8, 4) is 11.5 Å². The number of hydrogen-bond acceptors (Lipinski definition) is 5. The Labute approximate surface area is 114 Å². The molecule has 0 aliphatic heterocycles. The predicted octanol–water partition coefficient (Wildman–Crippen LogP) is 0.578. The van der Waals surface area contributed by atoms with E-state index in [4.69, 9.17) is 19.7 Å². The number of ether oxygens (including phenoxy) is 2. The van der Waals surface area contributed by atoms with E-state index in [1.807, 2.05) is 25.1 Å². The Morgan fingerprint density at radius 3 is 2.26 bits per heavy atom. The van der Waals surface area contributed by atoms with Crippen LogP contribution in [-0.2, 0) is 6.42 Å². The molecule has 5 heteroatoms. The topological polar surface area (TPSA) is 71.0 Å². The van der Waals surface area contributed by atoms with E-state index in [0.29, 0.717) is 11.5 Å². The highest BCUT2D eigenvalue weighted by Crippen LogP contribution is 2.27. The second-order valence-electron chi connectivity index (χ2n) is 4.52. The molecule has 0 fully saturated rings. The van der Waals surface area contributed by atoms with Gasteiger partial charge >= 0.3 is 0 Å². The van der Waals surface area contributed by atoms with Crippen LogP contribution in [0.4, 0.5) is 0 Å². The highest BCUT2D eigenvalue weighted by atomic mass is 16.5. The minimum Gasteiger partial charge on any atom is -0.493 e. The van der Waals surface area contributed by atoms with Gasteiger partial charge in [-0.1, -0.05) is 6.07 Å². The van der Waals surface area contributed by atoms with Crippen LogP contribution in [0, 0.1) is 0 Å². The summed E-state index contributed by atoms with van der Waals surface area (Å²) in [6, 6.07) is 5.64. The van der Waals surface area contributed by atoms with Crippen LogP contribution in [0.1, 0.15) is 12.5 Å². The largest absolute Gasteiger partial charge is 0.493 e. The average Bonchev–Trinajstić information content (AvgIpc) is 2.44. The molecule has 0 amide bonds. The lowest BCUT2D eigenvalue weighted by Gasteiger charge is -2.20. The van der Waals surface area contributed by atoms with E-state index in [1.165, 1.54) is 0 Å². The van der Waals surface area contributed by atoms with E-state index in [9.17, 15) is 0 Å². The zero-order valence-corrected chi connectivity index (χ0v) is 11.7. The van der Waals surface area contributed by atoms with Crippen LogP contribution in [0.15, 0.2) is 18.2 Å². The third-order valence-corrected chi connectivity index (χ3v) is 2.95. The maximum atomic E-state index is 9.03. The third-order valence-electron chi connectivity index (χ3n) is 2.95. The van der Waals surface area contributed by atoms with Gasteiger partial charge in [0.25, 0.3) is 0 Å². The Morgan fingerprint density at radius 2 is 1.74 bits per heavy atom. The maximum absolute atomic E-state index is 9.03. The van der Waals surface area contributed by atoms with E-state index >= 15 is 0 Å². The number of methoxy groups -OCH3 is 2. The molecule has 19 heavy (non-hydrogen) atoms. The number of rotatable bonds is 8. The number of nitrogens with one attached hydrogen (secondary N) is 1. The molecule has 1 unspecified atom stereocenters. The van der Waals surface area contributed by atoms with Crippen molar-refractivity contribution in [3.05, 3.63) is 23.8 Å². The Kier molecular flexibility index (Phi) is 6.62. The standard InChI is InChI=1S/C14H23NO4/c1-10(15-12(8-16)9-17)6-11-4-5-13(18-2)14(7-11)19-3/h4-5,7,10,12,15-17H,6,8-9H2,1-3H3. The quantitative estimate of drug-likeness (QED) is 0.644. The van der Waals surface area contributed by atoms with Crippen molar-refractivity contribution in [1.29, 1.82) is 0 Å². The van der Waals surface area contributed by atoms with Crippen LogP contribution in [0.25, 0.3) is 0 Å². The summed E-state index contributed by atoms with van der Waals surface area (Å²) in [5.41, 5.74) is 1.10. The fourth-order valence-corrected chi connectivity index (χ4v) is 1.99. The van der Waals surface area contributed by atoms with Crippen LogP contribution < -0.4 is 14.8 Å². The van der Waals surface area contributed by atoms with Crippen molar-refractivity contribution >= 4 is 0 Å². The lowest BCUT2D eigenvalue weighted by atomic mass is 10.1. The normalized spacial score (nSPS) is 12.5. The minimum atomic E-state index is -0.282. The molecule has 5 nitrogen and oxygen atoms in total. The van der Waals surface area contributed by atoms with Crippen molar-refractivity contribution in [2.75, 3.05) is 27.4 Å². The van der Waals surface area contributed by atoms with Gasteiger partial charge in [-0.25, -0.2) is 0 Å². The van der Waals surface area contributed by atoms with E-state index in [0.717, 1.165) is 12.0 Å². The summed E-state index contributed by atoms with van der Waals surface area (Å²) in [6.07, 6.45) is 0.775. The van der Waals surface area contributed by atoms with Crippen molar-refractivity contribution < 1.29 is 19.7 Å². The number of hydrogen-bond donors (Lipinski definition) is 3. The Balaban J connectivity index is 2.66. The van der Waals surface area contributed by atoms with E-state index in [1.54, 1.807) is 14.2 Å². The molecular weight excluding hydrogens is 246 g/mol. The monoisotopic (exact) mass is 269 g/mol. The van der Waals surface area contributed by atoms with Crippen LogP contribution in [-0.4, -0.2) is 49.7 Å². The summed E-state index contributed by atoms with van der Waals surface area (Å²) in [5.74, 6) is 1.41. The molecule has 3 N–H and O–H groups in total. The average molecular weight is 269 g/mol. The first kappa shape index (κ1) is 15.8. The molecule has 1 atom stereocenters. The molecular formula is C14H23NO4. The van der Waals surface area contributed by atoms with Crippen molar-refractivity contribution in [2.24, 2.45) is 0 Å². The number of benzene rings is 1. The zero-order valence-electron chi connectivity index (χ0n) is 11.7. The van der Waals surface area contributed by atoms with Crippen molar-refractivity contribution in [1.82, 2.24) is 5.32 Å². The molecule has 108 valence electrons. The first-order valence-electron chi connectivity index (χ1n) is 6.33. The zero-order chi connectivity index (χ0) is 14.3. The molecule has 0 heterocycles. The molecule has 0 saturated carbocycles. The summed E-state index contributed by atoms with van der Waals surface area (Å²) >= 11 is 0. The minimum absolute atomic E-state index is 0.0766. The van der Waals surface area contributed by atoms with Crippen molar-refractivity contribution in [2.45, 2.75) is 25.4 Å². The summed E-state index contributed by atoms with van der Waals surface area (Å²) in [4.78, 5) is 0. The summed E-state index contributed by atoms with van der Waals surface area (Å²) in [7, 11) is 3.21. The van der Waals surface area contributed by atoms with E-state index in [2.05, 4.69) is 5.32 Å². The van der Waals surface area contributed by atoms with Crippen LogP contribution >= 0.6 is 0 Å². The second-order valence-corrected chi connectivity index (χ2v) is 4.52. The van der Waals surface area contributed by atoms with Gasteiger partial charge in [0.2, 0.25) is 0 Å². The van der Waals surface area contributed by atoms with Crippen molar-refractivity contribution in [3.63, 3.8) is 0 Å². The van der Waals surface area contributed by atoms with Gasteiger partial charge in [-0.05, 0) is 31.0 Å². The lowest BCUT2D eigenvalue weighted by molar-refractivity contribution is 0.163. The van der Waals surface area contributed by atoms with Crippen LogP contribution in [0.2, 0.25) is 0 Å². The van der Waals surface area contributed by atoms with Crippen LogP contribution in [0.5, 0.6) is 11.5 Å². The van der Waals surface area contributed by atoms with Gasteiger partial charge in [-0.2, -0.15) is 0 Å². The fourth-order valence-electron chi connectivity index (χ4n) is 1.99. The first-order valence-corrected chi connectivity index (χ1v) is 6.33. The number of aliphatic hydroxyl groups excluding tert-OH is 2. The molecule has 0 aliphatic carbocycles. The molecule has 0 spiro atoms. The number of aliphatic hydroxyl groups is 2. The predicted molar refractivity (Wildman–Crippen MR) is 73.8 cm³/mol. The fraction of sp³-hybridized carbons (Fsp3) is 0.571. The summed E-state index contributed by atoms with van der Waals surface area (Å²) < 4.78 is 10.4. The van der Waals surface area contributed by atoms with Gasteiger partial charge < -0.3 is 25.0 Å². The molecule has 0 aromatic heterocycles. The first-order chi connectivity index (χ1) is 9.14.